The fourth-order valence-electron chi connectivity index (χ4n) is 1.51. The summed E-state index contributed by atoms with van der Waals surface area (Å²) in [5.41, 5.74) is -0.514. The number of rotatable bonds is 7. The van der Waals surface area contributed by atoms with E-state index in [9.17, 15) is 28.4 Å². The molecule has 3 N–H and O–H groups in total. The average molecular weight is 317 g/mol. The number of aromatic hydroxyl groups is 1. The second kappa shape index (κ2) is 6.99. The van der Waals surface area contributed by atoms with Crippen LogP contribution >= 0.6 is 0 Å². The van der Waals surface area contributed by atoms with Gasteiger partial charge in [0.25, 0.3) is 5.91 Å². The molecule has 0 saturated heterocycles. The first-order valence-corrected chi connectivity index (χ1v) is 7.65. The van der Waals surface area contributed by atoms with Gasteiger partial charge in [0.1, 0.15) is 0 Å². The number of nitro groups is 1. The lowest BCUT2D eigenvalue weighted by atomic mass is 10.2. The van der Waals surface area contributed by atoms with E-state index in [0.29, 0.717) is 0 Å². The van der Waals surface area contributed by atoms with Crippen molar-refractivity contribution in [2.24, 2.45) is 0 Å². The standard InChI is InChI=1S/C11H15N3O6S/c1-2-13-21(19,20)6-5-12-11(16)8-3-4-9(14(17)18)10(15)7-8/h3-4,7,13,15H,2,5-6H2,1H3,(H,12,16). The van der Waals surface area contributed by atoms with Crippen molar-refractivity contribution >= 4 is 21.6 Å². The van der Waals surface area contributed by atoms with E-state index in [1.54, 1.807) is 6.92 Å². The molecule has 0 aliphatic heterocycles. The van der Waals surface area contributed by atoms with Gasteiger partial charge in [0.15, 0.2) is 5.75 Å². The Hall–Kier alpha value is -2.20. The van der Waals surface area contributed by atoms with Crippen LogP contribution in [0, 0.1) is 10.1 Å². The number of phenols is 1. The highest BCUT2D eigenvalue weighted by Gasteiger charge is 2.16. The molecule has 0 unspecified atom stereocenters. The van der Waals surface area contributed by atoms with E-state index < -0.39 is 32.3 Å². The molecule has 9 nitrogen and oxygen atoms in total. The first-order valence-electron chi connectivity index (χ1n) is 5.99. The predicted octanol–water partition coefficient (Wildman–Crippen LogP) is -0.0305. The number of nitrogens with one attached hydrogen (secondary N) is 2. The Morgan fingerprint density at radius 3 is 2.62 bits per heavy atom. The highest BCUT2D eigenvalue weighted by atomic mass is 32.2. The molecule has 0 heterocycles. The second-order valence-electron chi connectivity index (χ2n) is 4.03. The molecule has 21 heavy (non-hydrogen) atoms. The molecule has 1 amide bonds. The summed E-state index contributed by atoms with van der Waals surface area (Å²) in [5, 5.41) is 22.3. The summed E-state index contributed by atoms with van der Waals surface area (Å²) in [6, 6.07) is 3.12. The van der Waals surface area contributed by atoms with Crippen molar-refractivity contribution in [3.63, 3.8) is 0 Å². The van der Waals surface area contributed by atoms with Crippen molar-refractivity contribution in [2.75, 3.05) is 18.8 Å². The Bertz CT molecular complexity index is 643. The van der Waals surface area contributed by atoms with Crippen molar-refractivity contribution < 1.29 is 23.2 Å². The maximum absolute atomic E-state index is 11.7. The lowest BCUT2D eigenvalue weighted by Crippen LogP contribution is -2.34. The molecule has 0 radical (unpaired) electrons. The summed E-state index contributed by atoms with van der Waals surface area (Å²) in [6.45, 7) is 1.77. The first-order chi connectivity index (χ1) is 9.76. The maximum Gasteiger partial charge on any atom is 0.310 e. The number of carbonyl (C=O) groups excluding carboxylic acids is 1. The van der Waals surface area contributed by atoms with Crippen LogP contribution in [0.1, 0.15) is 17.3 Å². The summed E-state index contributed by atoms with van der Waals surface area (Å²) < 4.78 is 25.0. The fraction of sp³-hybridized carbons (Fsp3) is 0.364. The maximum atomic E-state index is 11.7. The summed E-state index contributed by atoms with van der Waals surface area (Å²) in [7, 11) is -3.44. The van der Waals surface area contributed by atoms with Crippen LogP contribution in [0.3, 0.4) is 0 Å². The zero-order valence-corrected chi connectivity index (χ0v) is 12.0. The summed E-state index contributed by atoms with van der Waals surface area (Å²) in [6.07, 6.45) is 0. The molecule has 1 rings (SSSR count). The first kappa shape index (κ1) is 16.9. The zero-order chi connectivity index (χ0) is 16.0. The molecule has 0 aliphatic rings. The van der Waals surface area contributed by atoms with Gasteiger partial charge in [-0.15, -0.1) is 0 Å². The van der Waals surface area contributed by atoms with Gasteiger partial charge in [-0.3, -0.25) is 14.9 Å². The third kappa shape index (κ3) is 5.00. The minimum atomic E-state index is -3.44. The molecule has 1 aromatic carbocycles. The van der Waals surface area contributed by atoms with Crippen LogP contribution in [0.5, 0.6) is 5.75 Å². The number of sulfonamides is 1. The Morgan fingerprint density at radius 1 is 1.43 bits per heavy atom. The van der Waals surface area contributed by atoms with Crippen LogP contribution in [-0.4, -0.2) is 43.2 Å². The van der Waals surface area contributed by atoms with Gasteiger partial charge in [-0.05, 0) is 12.1 Å². The lowest BCUT2D eigenvalue weighted by molar-refractivity contribution is -0.385. The Morgan fingerprint density at radius 2 is 2.10 bits per heavy atom. The number of nitrogens with zero attached hydrogens (tertiary/aromatic N) is 1. The van der Waals surface area contributed by atoms with Crippen molar-refractivity contribution in [3.8, 4) is 5.75 Å². The number of hydrogen-bond acceptors (Lipinski definition) is 6. The molecule has 0 saturated carbocycles. The SMILES string of the molecule is CCNS(=O)(=O)CCNC(=O)c1ccc([N+](=O)[O-])c(O)c1. The van der Waals surface area contributed by atoms with Gasteiger partial charge in [0, 0.05) is 24.7 Å². The third-order valence-corrected chi connectivity index (χ3v) is 3.92. The van der Waals surface area contributed by atoms with Crippen LogP contribution < -0.4 is 10.0 Å². The molecule has 0 aliphatic carbocycles. The Balaban J connectivity index is 2.65. The molecule has 0 aromatic heterocycles. The van der Waals surface area contributed by atoms with E-state index >= 15 is 0 Å². The van der Waals surface area contributed by atoms with Gasteiger partial charge in [-0.2, -0.15) is 0 Å². The molecule has 116 valence electrons. The number of carbonyl (C=O) groups is 1. The smallest absolute Gasteiger partial charge is 0.310 e. The van der Waals surface area contributed by atoms with Crippen molar-refractivity contribution in [1.29, 1.82) is 0 Å². The van der Waals surface area contributed by atoms with Gasteiger partial charge in [-0.1, -0.05) is 6.92 Å². The van der Waals surface area contributed by atoms with Crippen LogP contribution in [0.4, 0.5) is 5.69 Å². The van der Waals surface area contributed by atoms with Gasteiger partial charge >= 0.3 is 5.69 Å². The molecule has 1 aromatic rings. The molecular formula is C11H15N3O6S. The predicted molar refractivity (Wildman–Crippen MR) is 74.6 cm³/mol. The Kier molecular flexibility index (Phi) is 5.61. The van der Waals surface area contributed by atoms with Crippen molar-refractivity contribution in [3.05, 3.63) is 33.9 Å². The van der Waals surface area contributed by atoms with E-state index in [2.05, 4.69) is 10.0 Å². The summed E-state index contributed by atoms with van der Waals surface area (Å²) in [4.78, 5) is 21.5. The van der Waals surface area contributed by atoms with Crippen LogP contribution in [0.2, 0.25) is 0 Å². The van der Waals surface area contributed by atoms with E-state index in [0.717, 1.165) is 12.1 Å². The van der Waals surface area contributed by atoms with Crippen molar-refractivity contribution in [2.45, 2.75) is 6.92 Å². The number of phenolic OH excluding ortho intramolecular Hbond substituents is 1. The van der Waals surface area contributed by atoms with Gasteiger partial charge in [-0.25, -0.2) is 13.1 Å². The molecule has 10 heteroatoms. The second-order valence-corrected chi connectivity index (χ2v) is 5.96. The largest absolute Gasteiger partial charge is 0.502 e. The average Bonchev–Trinajstić information content (AvgIpc) is 2.37. The topological polar surface area (TPSA) is 139 Å². The molecule has 0 spiro atoms. The fourth-order valence-corrected chi connectivity index (χ4v) is 2.47. The summed E-state index contributed by atoms with van der Waals surface area (Å²) in [5.74, 6) is -1.55. The monoisotopic (exact) mass is 317 g/mol. The quantitative estimate of drug-likeness (QED) is 0.477. The number of amides is 1. The molecule has 0 bridgehead atoms. The molecule has 0 fully saturated rings. The van der Waals surface area contributed by atoms with E-state index in [1.807, 2.05) is 0 Å². The van der Waals surface area contributed by atoms with Crippen LogP contribution in [0.15, 0.2) is 18.2 Å². The highest BCUT2D eigenvalue weighted by Crippen LogP contribution is 2.26. The third-order valence-electron chi connectivity index (χ3n) is 2.45. The molecular weight excluding hydrogens is 302 g/mol. The minimum Gasteiger partial charge on any atom is -0.502 e. The minimum absolute atomic E-state index is 0.000973. The van der Waals surface area contributed by atoms with E-state index in [4.69, 9.17) is 0 Å². The highest BCUT2D eigenvalue weighted by molar-refractivity contribution is 7.89. The number of benzene rings is 1. The van der Waals surface area contributed by atoms with Crippen LogP contribution in [0.25, 0.3) is 0 Å². The van der Waals surface area contributed by atoms with E-state index in [1.165, 1.54) is 6.07 Å². The zero-order valence-electron chi connectivity index (χ0n) is 11.2. The van der Waals surface area contributed by atoms with E-state index in [-0.39, 0.29) is 24.4 Å². The summed E-state index contributed by atoms with van der Waals surface area (Å²) >= 11 is 0. The van der Waals surface area contributed by atoms with Crippen molar-refractivity contribution in [1.82, 2.24) is 10.0 Å². The Labute approximate surface area is 121 Å². The van der Waals surface area contributed by atoms with Crippen LogP contribution in [-0.2, 0) is 10.0 Å². The van der Waals surface area contributed by atoms with Gasteiger partial charge in [0.05, 0.1) is 10.7 Å². The number of nitro benzene ring substituents is 1. The number of hydrogen-bond donors (Lipinski definition) is 3. The molecule has 0 atom stereocenters. The van der Waals surface area contributed by atoms with Gasteiger partial charge < -0.3 is 10.4 Å². The lowest BCUT2D eigenvalue weighted by Gasteiger charge is -2.07. The van der Waals surface area contributed by atoms with Gasteiger partial charge in [0.2, 0.25) is 10.0 Å². The normalized spacial score (nSPS) is 11.1.